The minimum absolute atomic E-state index is 0.197. The molecule has 4 aromatic heterocycles. The number of H-pyrrole nitrogens is 2. The van der Waals surface area contributed by atoms with E-state index in [1.54, 1.807) is 24.7 Å². The van der Waals surface area contributed by atoms with Gasteiger partial charge in [-0.25, -0.2) is 4.98 Å². The van der Waals surface area contributed by atoms with Crippen molar-refractivity contribution in [3.63, 3.8) is 0 Å². The van der Waals surface area contributed by atoms with Crippen molar-refractivity contribution in [1.29, 1.82) is 5.26 Å². The lowest BCUT2D eigenvalue weighted by Crippen LogP contribution is -1.94. The average molecular weight is 380 g/mol. The van der Waals surface area contributed by atoms with Gasteiger partial charge in [0.1, 0.15) is 23.0 Å². The summed E-state index contributed by atoms with van der Waals surface area (Å²) >= 11 is 0. The Morgan fingerprint density at radius 1 is 1.07 bits per heavy atom. The Hall–Kier alpha value is -4.18. The van der Waals surface area contributed by atoms with Crippen LogP contribution < -0.4 is 0 Å². The van der Waals surface area contributed by atoms with Crippen LogP contribution in [0.5, 0.6) is 5.75 Å². The first-order chi connectivity index (χ1) is 14.1. The smallest absolute Gasteiger partial charge is 0.139 e. The first-order valence-electron chi connectivity index (χ1n) is 9.07. The predicted molar refractivity (Wildman–Crippen MR) is 110 cm³/mol. The van der Waals surface area contributed by atoms with Gasteiger partial charge in [-0.15, -0.1) is 0 Å². The molecule has 4 heterocycles. The molecule has 29 heavy (non-hydrogen) atoms. The van der Waals surface area contributed by atoms with Gasteiger partial charge in [0.15, 0.2) is 0 Å². The third-order valence-corrected chi connectivity index (χ3v) is 5.29. The van der Waals surface area contributed by atoms with Crippen molar-refractivity contribution in [2.75, 3.05) is 0 Å². The number of aromatic nitrogens is 5. The lowest BCUT2D eigenvalue weighted by atomic mass is 9.92. The zero-order chi connectivity index (χ0) is 20.1. The Morgan fingerprint density at radius 2 is 1.93 bits per heavy atom. The number of nitrogens with one attached hydrogen (secondary N) is 2. The van der Waals surface area contributed by atoms with Crippen LogP contribution in [0.4, 0.5) is 0 Å². The lowest BCUT2D eigenvalue weighted by molar-refractivity contribution is 0.471. The first kappa shape index (κ1) is 17.0. The Kier molecular flexibility index (Phi) is 3.61. The highest BCUT2D eigenvalue weighted by molar-refractivity contribution is 5.95. The normalized spacial score (nSPS) is 11.2. The fraction of sp³-hybridized carbons (Fsp3) is 0.0909. The second kappa shape index (κ2) is 6.17. The second-order valence-corrected chi connectivity index (χ2v) is 7.03. The number of phenolic OH excluding ortho intramolecular Hbond substituents is 1. The highest BCUT2D eigenvalue weighted by Gasteiger charge is 2.18. The number of phenols is 1. The van der Waals surface area contributed by atoms with E-state index in [0.29, 0.717) is 16.8 Å². The molecule has 5 rings (SSSR count). The van der Waals surface area contributed by atoms with Crippen molar-refractivity contribution in [2.45, 2.75) is 13.8 Å². The summed E-state index contributed by atoms with van der Waals surface area (Å²) in [6.07, 6.45) is 5.12. The molecule has 0 saturated carbocycles. The Bertz CT molecular complexity index is 1450. The maximum absolute atomic E-state index is 10.2. The zero-order valence-corrected chi connectivity index (χ0v) is 15.8. The van der Waals surface area contributed by atoms with Gasteiger partial charge in [0, 0.05) is 34.6 Å². The van der Waals surface area contributed by atoms with Crippen molar-refractivity contribution in [1.82, 2.24) is 25.1 Å². The molecule has 7 heteroatoms. The van der Waals surface area contributed by atoms with E-state index < -0.39 is 0 Å². The van der Waals surface area contributed by atoms with Gasteiger partial charge >= 0.3 is 0 Å². The van der Waals surface area contributed by atoms with E-state index in [1.807, 2.05) is 32.0 Å². The first-order valence-corrected chi connectivity index (χ1v) is 9.07. The van der Waals surface area contributed by atoms with Crippen LogP contribution in [0.2, 0.25) is 0 Å². The van der Waals surface area contributed by atoms with Crippen LogP contribution in [0.3, 0.4) is 0 Å². The monoisotopic (exact) mass is 380 g/mol. The molecule has 0 aliphatic rings. The molecule has 0 saturated heterocycles. The van der Waals surface area contributed by atoms with Gasteiger partial charge in [-0.2, -0.15) is 10.4 Å². The van der Waals surface area contributed by atoms with E-state index in [-0.39, 0.29) is 5.75 Å². The summed E-state index contributed by atoms with van der Waals surface area (Å²) < 4.78 is 0. The van der Waals surface area contributed by atoms with Crippen LogP contribution in [0.1, 0.15) is 16.7 Å². The van der Waals surface area contributed by atoms with Gasteiger partial charge in [0.2, 0.25) is 0 Å². The van der Waals surface area contributed by atoms with E-state index in [1.165, 1.54) is 0 Å². The summed E-state index contributed by atoms with van der Waals surface area (Å²) in [5.74, 6) is 0.197. The molecular formula is C22H16N6O. The van der Waals surface area contributed by atoms with Gasteiger partial charge in [-0.3, -0.25) is 10.1 Å². The SMILES string of the molecule is Cc1ccc(O)c(C)c1-c1cnc2[nH]c(-c3cnc4cn[nH]c4c3)cc2c1C#N. The Balaban J connectivity index is 1.74. The van der Waals surface area contributed by atoms with Crippen LogP contribution in [0, 0.1) is 25.2 Å². The second-order valence-electron chi connectivity index (χ2n) is 7.03. The number of pyridine rings is 2. The number of aryl methyl sites for hydroxylation is 1. The number of hydrogen-bond donors (Lipinski definition) is 3. The molecule has 0 unspecified atom stereocenters. The van der Waals surface area contributed by atoms with Gasteiger partial charge in [-0.1, -0.05) is 6.07 Å². The van der Waals surface area contributed by atoms with Crippen LogP contribution >= 0.6 is 0 Å². The molecule has 0 radical (unpaired) electrons. The summed E-state index contributed by atoms with van der Waals surface area (Å²) in [7, 11) is 0. The van der Waals surface area contributed by atoms with E-state index in [0.717, 1.165) is 44.4 Å². The average Bonchev–Trinajstić information content (AvgIpc) is 3.37. The standard InChI is InChI=1S/C22H16N6O/c1-11-3-4-20(29)12(2)21(11)16-9-25-22-14(15(16)7-23)6-17(27-22)13-5-18-19(24-8-13)10-26-28-18/h3-6,8-10,29H,1-2H3,(H,25,27)(H,26,28). The van der Waals surface area contributed by atoms with E-state index in [9.17, 15) is 10.4 Å². The number of fused-ring (bicyclic) bond motifs is 2. The lowest BCUT2D eigenvalue weighted by Gasteiger charge is -2.13. The molecule has 0 bridgehead atoms. The molecule has 0 aliphatic heterocycles. The molecule has 1 aromatic carbocycles. The van der Waals surface area contributed by atoms with Crippen LogP contribution in [-0.4, -0.2) is 30.3 Å². The topological polar surface area (TPSA) is 114 Å². The number of aromatic amines is 2. The quantitative estimate of drug-likeness (QED) is 0.421. The fourth-order valence-corrected chi connectivity index (χ4v) is 3.77. The molecule has 0 spiro atoms. The van der Waals surface area contributed by atoms with Crippen LogP contribution in [0.15, 0.2) is 42.9 Å². The molecule has 5 aromatic rings. The summed E-state index contributed by atoms with van der Waals surface area (Å²) in [5, 5.41) is 27.7. The number of nitriles is 1. The van der Waals surface area contributed by atoms with E-state index in [2.05, 4.69) is 31.2 Å². The molecule has 7 nitrogen and oxygen atoms in total. The summed E-state index contributed by atoms with van der Waals surface area (Å²) in [4.78, 5) is 12.2. The van der Waals surface area contributed by atoms with Gasteiger partial charge in [0.05, 0.1) is 17.3 Å². The van der Waals surface area contributed by atoms with Crippen molar-refractivity contribution in [3.8, 4) is 34.2 Å². The highest BCUT2D eigenvalue weighted by Crippen LogP contribution is 2.37. The van der Waals surface area contributed by atoms with Crippen molar-refractivity contribution in [2.24, 2.45) is 0 Å². The van der Waals surface area contributed by atoms with E-state index in [4.69, 9.17) is 0 Å². The fourth-order valence-electron chi connectivity index (χ4n) is 3.77. The third kappa shape index (κ3) is 2.54. The largest absolute Gasteiger partial charge is 0.508 e. The number of nitrogens with zero attached hydrogens (tertiary/aromatic N) is 4. The van der Waals surface area contributed by atoms with E-state index >= 15 is 0 Å². The van der Waals surface area contributed by atoms with Crippen molar-refractivity contribution in [3.05, 3.63) is 59.5 Å². The molecular weight excluding hydrogens is 364 g/mol. The maximum atomic E-state index is 10.2. The van der Waals surface area contributed by atoms with Gasteiger partial charge < -0.3 is 10.1 Å². The molecule has 0 aliphatic carbocycles. The van der Waals surface area contributed by atoms with Crippen LogP contribution in [-0.2, 0) is 0 Å². The molecule has 3 N–H and O–H groups in total. The molecule has 0 atom stereocenters. The minimum atomic E-state index is 0.197. The number of rotatable bonds is 2. The summed E-state index contributed by atoms with van der Waals surface area (Å²) in [5.41, 5.74) is 7.70. The van der Waals surface area contributed by atoms with Crippen molar-refractivity contribution >= 4 is 22.1 Å². The Morgan fingerprint density at radius 3 is 2.76 bits per heavy atom. The third-order valence-electron chi connectivity index (χ3n) is 5.29. The summed E-state index contributed by atoms with van der Waals surface area (Å²) in [6.45, 7) is 3.80. The minimum Gasteiger partial charge on any atom is -0.508 e. The summed E-state index contributed by atoms with van der Waals surface area (Å²) in [6, 6.07) is 9.71. The van der Waals surface area contributed by atoms with Crippen LogP contribution in [0.25, 0.3) is 44.5 Å². The molecule has 0 fully saturated rings. The number of hydrogen-bond acceptors (Lipinski definition) is 5. The highest BCUT2D eigenvalue weighted by atomic mass is 16.3. The maximum Gasteiger partial charge on any atom is 0.139 e. The van der Waals surface area contributed by atoms with Gasteiger partial charge in [0.25, 0.3) is 0 Å². The van der Waals surface area contributed by atoms with Gasteiger partial charge in [-0.05, 0) is 48.7 Å². The predicted octanol–water partition coefficient (Wildman–Crippen LogP) is 4.36. The van der Waals surface area contributed by atoms with Crippen molar-refractivity contribution < 1.29 is 5.11 Å². The molecule has 140 valence electrons. The molecule has 0 amide bonds. The Labute approximate surface area is 165 Å². The zero-order valence-electron chi connectivity index (χ0n) is 15.8. The number of aromatic hydroxyl groups is 1. The number of benzene rings is 1.